The number of rotatable bonds is 7. The lowest BCUT2D eigenvalue weighted by molar-refractivity contribution is -0.141. The fourth-order valence-electron chi connectivity index (χ4n) is 2.45. The number of piperazine rings is 1. The molecule has 0 aromatic heterocycles. The van der Waals surface area contributed by atoms with Gasteiger partial charge in [0, 0.05) is 44.0 Å². The van der Waals surface area contributed by atoms with Gasteiger partial charge in [-0.3, -0.25) is 14.4 Å². The SMILES string of the molecule is C[C@H](CNC(=O)CNC(=O)c1cccc(N2CCNCC2)c1)C(=O)O. The molecule has 1 heterocycles. The first-order chi connectivity index (χ1) is 12.0. The first kappa shape index (κ1) is 18.7. The Hall–Kier alpha value is -2.61. The van der Waals surface area contributed by atoms with Gasteiger partial charge in [0.1, 0.15) is 0 Å². The van der Waals surface area contributed by atoms with E-state index < -0.39 is 17.8 Å². The minimum absolute atomic E-state index is 0.0303. The molecule has 25 heavy (non-hydrogen) atoms. The molecule has 1 saturated heterocycles. The molecule has 4 N–H and O–H groups in total. The fourth-order valence-corrected chi connectivity index (χ4v) is 2.45. The molecule has 0 saturated carbocycles. The summed E-state index contributed by atoms with van der Waals surface area (Å²) in [7, 11) is 0. The van der Waals surface area contributed by atoms with Gasteiger partial charge in [0.2, 0.25) is 5.91 Å². The van der Waals surface area contributed by atoms with Crippen LogP contribution < -0.4 is 20.9 Å². The van der Waals surface area contributed by atoms with Crippen molar-refractivity contribution in [2.75, 3.05) is 44.2 Å². The number of carboxylic acid groups (broad SMARTS) is 1. The summed E-state index contributed by atoms with van der Waals surface area (Å²) in [6.07, 6.45) is 0. The van der Waals surface area contributed by atoms with Crippen LogP contribution in [0.3, 0.4) is 0 Å². The maximum atomic E-state index is 12.2. The van der Waals surface area contributed by atoms with Gasteiger partial charge in [-0.15, -0.1) is 0 Å². The summed E-state index contributed by atoms with van der Waals surface area (Å²) in [5.74, 6) is -2.40. The van der Waals surface area contributed by atoms with E-state index in [0.717, 1.165) is 31.9 Å². The van der Waals surface area contributed by atoms with E-state index in [9.17, 15) is 14.4 Å². The van der Waals surface area contributed by atoms with Crippen molar-refractivity contribution in [1.29, 1.82) is 0 Å². The van der Waals surface area contributed by atoms with Crippen molar-refractivity contribution < 1.29 is 19.5 Å². The van der Waals surface area contributed by atoms with Crippen LogP contribution in [-0.4, -0.2) is 62.2 Å². The van der Waals surface area contributed by atoms with Crippen LogP contribution in [0.5, 0.6) is 0 Å². The highest BCUT2D eigenvalue weighted by atomic mass is 16.4. The number of nitrogens with one attached hydrogen (secondary N) is 3. The van der Waals surface area contributed by atoms with E-state index in [4.69, 9.17) is 5.11 Å². The normalized spacial score (nSPS) is 15.3. The monoisotopic (exact) mass is 348 g/mol. The summed E-state index contributed by atoms with van der Waals surface area (Å²) in [6.45, 7) is 4.93. The zero-order valence-corrected chi connectivity index (χ0v) is 14.2. The Morgan fingerprint density at radius 3 is 2.64 bits per heavy atom. The van der Waals surface area contributed by atoms with E-state index in [1.165, 1.54) is 6.92 Å². The molecule has 2 amide bonds. The molecule has 1 aliphatic heterocycles. The lowest BCUT2D eigenvalue weighted by atomic mass is 10.1. The number of carbonyl (C=O) groups is 3. The number of aliphatic carboxylic acids is 1. The molecule has 1 aromatic rings. The van der Waals surface area contributed by atoms with Gasteiger partial charge in [-0.05, 0) is 18.2 Å². The van der Waals surface area contributed by atoms with E-state index in [-0.39, 0.29) is 19.0 Å². The van der Waals surface area contributed by atoms with Crippen LogP contribution in [0.4, 0.5) is 5.69 Å². The molecule has 8 nitrogen and oxygen atoms in total. The first-order valence-corrected chi connectivity index (χ1v) is 8.31. The summed E-state index contributed by atoms with van der Waals surface area (Å²) >= 11 is 0. The van der Waals surface area contributed by atoms with Gasteiger partial charge >= 0.3 is 5.97 Å². The highest BCUT2D eigenvalue weighted by molar-refractivity contribution is 5.97. The van der Waals surface area contributed by atoms with E-state index in [2.05, 4.69) is 20.9 Å². The summed E-state index contributed by atoms with van der Waals surface area (Å²) < 4.78 is 0. The molecule has 0 spiro atoms. The standard InChI is InChI=1S/C17H24N4O4/c1-12(17(24)25)10-19-15(22)11-20-16(23)13-3-2-4-14(9-13)21-7-5-18-6-8-21/h2-4,9,12,18H,5-8,10-11H2,1H3,(H,19,22)(H,20,23)(H,24,25)/t12-/m1/s1. The topological polar surface area (TPSA) is 111 Å². The minimum atomic E-state index is -0.978. The Morgan fingerprint density at radius 2 is 1.96 bits per heavy atom. The molecular formula is C17H24N4O4. The number of benzene rings is 1. The van der Waals surface area contributed by atoms with Crippen LogP contribution in [0.1, 0.15) is 17.3 Å². The lowest BCUT2D eigenvalue weighted by Gasteiger charge is -2.29. The Kier molecular flexibility index (Phi) is 6.76. The lowest BCUT2D eigenvalue weighted by Crippen LogP contribution is -2.43. The molecule has 0 bridgehead atoms. The van der Waals surface area contributed by atoms with Crippen molar-refractivity contribution in [2.45, 2.75) is 6.92 Å². The summed E-state index contributed by atoms with van der Waals surface area (Å²) in [5, 5.41) is 17.1. The van der Waals surface area contributed by atoms with Crippen LogP contribution in [-0.2, 0) is 9.59 Å². The molecular weight excluding hydrogens is 324 g/mol. The molecule has 1 aromatic carbocycles. The van der Waals surface area contributed by atoms with Crippen LogP contribution in [0.25, 0.3) is 0 Å². The van der Waals surface area contributed by atoms with Crippen molar-refractivity contribution in [2.24, 2.45) is 5.92 Å². The zero-order valence-electron chi connectivity index (χ0n) is 14.2. The second-order valence-electron chi connectivity index (χ2n) is 6.01. The zero-order chi connectivity index (χ0) is 18.2. The van der Waals surface area contributed by atoms with Crippen molar-refractivity contribution >= 4 is 23.5 Å². The quantitative estimate of drug-likeness (QED) is 0.537. The summed E-state index contributed by atoms with van der Waals surface area (Å²) in [5.41, 5.74) is 1.47. The Bertz CT molecular complexity index is 629. The average Bonchev–Trinajstić information content (AvgIpc) is 2.64. The Labute approximate surface area is 146 Å². The van der Waals surface area contributed by atoms with E-state index >= 15 is 0 Å². The van der Waals surface area contributed by atoms with Gasteiger partial charge < -0.3 is 26.0 Å². The first-order valence-electron chi connectivity index (χ1n) is 8.31. The van der Waals surface area contributed by atoms with Gasteiger partial charge in [-0.25, -0.2) is 0 Å². The predicted molar refractivity (Wildman–Crippen MR) is 93.7 cm³/mol. The van der Waals surface area contributed by atoms with Crippen molar-refractivity contribution in [3.63, 3.8) is 0 Å². The third-order valence-electron chi connectivity index (χ3n) is 4.03. The average molecular weight is 348 g/mol. The molecule has 1 aliphatic rings. The maximum absolute atomic E-state index is 12.2. The minimum Gasteiger partial charge on any atom is -0.481 e. The van der Waals surface area contributed by atoms with Crippen molar-refractivity contribution in [3.05, 3.63) is 29.8 Å². The number of hydrogen-bond acceptors (Lipinski definition) is 5. The molecule has 0 radical (unpaired) electrons. The Balaban J connectivity index is 1.84. The second-order valence-corrected chi connectivity index (χ2v) is 6.01. The van der Waals surface area contributed by atoms with Crippen LogP contribution in [0, 0.1) is 5.92 Å². The molecule has 136 valence electrons. The third kappa shape index (κ3) is 5.75. The smallest absolute Gasteiger partial charge is 0.308 e. The molecule has 1 fully saturated rings. The van der Waals surface area contributed by atoms with E-state index in [1.54, 1.807) is 6.07 Å². The Morgan fingerprint density at radius 1 is 1.24 bits per heavy atom. The largest absolute Gasteiger partial charge is 0.481 e. The van der Waals surface area contributed by atoms with E-state index in [1.807, 2.05) is 18.2 Å². The molecule has 0 unspecified atom stereocenters. The van der Waals surface area contributed by atoms with Gasteiger partial charge in [0.25, 0.3) is 5.91 Å². The van der Waals surface area contributed by atoms with Gasteiger partial charge in [-0.2, -0.15) is 0 Å². The number of nitrogens with zero attached hydrogens (tertiary/aromatic N) is 1. The number of anilines is 1. The van der Waals surface area contributed by atoms with Crippen molar-refractivity contribution in [1.82, 2.24) is 16.0 Å². The fraction of sp³-hybridized carbons (Fsp3) is 0.471. The van der Waals surface area contributed by atoms with Gasteiger partial charge in [0.15, 0.2) is 0 Å². The van der Waals surface area contributed by atoms with Gasteiger partial charge in [0.05, 0.1) is 12.5 Å². The maximum Gasteiger partial charge on any atom is 0.308 e. The summed E-state index contributed by atoms with van der Waals surface area (Å²) in [6, 6.07) is 7.29. The molecule has 0 aliphatic carbocycles. The molecule has 1 atom stereocenters. The third-order valence-corrected chi connectivity index (χ3v) is 4.03. The van der Waals surface area contributed by atoms with Crippen LogP contribution in [0.2, 0.25) is 0 Å². The van der Waals surface area contributed by atoms with Gasteiger partial charge in [-0.1, -0.05) is 13.0 Å². The number of amides is 2. The second kappa shape index (κ2) is 9.03. The highest BCUT2D eigenvalue weighted by Crippen LogP contribution is 2.16. The summed E-state index contributed by atoms with van der Waals surface area (Å²) in [4.78, 5) is 36.8. The predicted octanol–water partition coefficient (Wildman–Crippen LogP) is -0.337. The molecule has 2 rings (SSSR count). The van der Waals surface area contributed by atoms with Crippen LogP contribution in [0.15, 0.2) is 24.3 Å². The van der Waals surface area contributed by atoms with Crippen LogP contribution >= 0.6 is 0 Å². The van der Waals surface area contributed by atoms with E-state index in [0.29, 0.717) is 5.56 Å². The highest BCUT2D eigenvalue weighted by Gasteiger charge is 2.15. The number of carbonyl (C=O) groups excluding carboxylic acids is 2. The van der Waals surface area contributed by atoms with Crippen molar-refractivity contribution in [3.8, 4) is 0 Å². The molecule has 8 heteroatoms. The number of hydrogen-bond donors (Lipinski definition) is 4. The number of carboxylic acids is 1.